The van der Waals surface area contributed by atoms with Gasteiger partial charge in [0.15, 0.2) is 5.13 Å². The highest BCUT2D eigenvalue weighted by Gasteiger charge is 2.31. The van der Waals surface area contributed by atoms with Crippen LogP contribution in [0.15, 0.2) is 53.5 Å². The Hall–Kier alpha value is -2.98. The van der Waals surface area contributed by atoms with Gasteiger partial charge in [-0.15, -0.1) is 11.3 Å². The first-order valence-electron chi connectivity index (χ1n) is 9.60. The van der Waals surface area contributed by atoms with Crippen LogP contribution in [0.4, 0.5) is 18.3 Å². The maximum atomic E-state index is 12.9. The number of carbonyl (C=O) groups excluding carboxylic acids is 1. The fourth-order valence-electron chi connectivity index (χ4n) is 3.41. The summed E-state index contributed by atoms with van der Waals surface area (Å²) in [6.07, 6.45) is -3.19. The topological polar surface area (TPSA) is 67.2 Å². The zero-order valence-corrected chi connectivity index (χ0v) is 17.2. The van der Waals surface area contributed by atoms with Gasteiger partial charge in [-0.1, -0.05) is 30.3 Å². The van der Waals surface area contributed by atoms with Gasteiger partial charge in [0, 0.05) is 43.2 Å². The number of amides is 1. The van der Waals surface area contributed by atoms with Gasteiger partial charge in [-0.05, 0) is 11.6 Å². The summed E-state index contributed by atoms with van der Waals surface area (Å²) < 4.78 is 39.3. The molecule has 0 aliphatic carbocycles. The number of hydrogen-bond donors (Lipinski definition) is 1. The summed E-state index contributed by atoms with van der Waals surface area (Å²) >= 11 is 1.35. The summed E-state index contributed by atoms with van der Waals surface area (Å²) in [5.41, 5.74) is 0.470. The molecule has 0 spiro atoms. The summed E-state index contributed by atoms with van der Waals surface area (Å²) in [6.45, 7) is 1.86. The van der Waals surface area contributed by atoms with Crippen LogP contribution in [0.25, 0.3) is 0 Å². The number of carbonyl (C=O) groups is 1. The first-order chi connectivity index (χ1) is 14.8. The molecule has 0 atom stereocenters. The Balaban J connectivity index is 1.40. The van der Waals surface area contributed by atoms with Gasteiger partial charge in [0.25, 0.3) is 5.56 Å². The molecule has 1 amide bonds. The molecule has 162 valence electrons. The summed E-state index contributed by atoms with van der Waals surface area (Å²) in [7, 11) is 0. The van der Waals surface area contributed by atoms with E-state index in [2.05, 4.69) is 27.3 Å². The van der Waals surface area contributed by atoms with E-state index in [0.717, 1.165) is 40.7 Å². The lowest BCUT2D eigenvalue weighted by Gasteiger charge is -2.25. The quantitative estimate of drug-likeness (QED) is 0.649. The Kier molecular flexibility index (Phi) is 5.92. The summed E-state index contributed by atoms with van der Waals surface area (Å²) in [4.78, 5) is 31.9. The molecule has 2 aromatic heterocycles. The van der Waals surface area contributed by atoms with Crippen molar-refractivity contribution in [2.24, 2.45) is 0 Å². The average molecular weight is 448 g/mol. The first kappa shape index (κ1) is 21.3. The molecule has 0 saturated heterocycles. The van der Waals surface area contributed by atoms with Gasteiger partial charge in [-0.3, -0.25) is 14.5 Å². The molecule has 0 bridgehead atoms. The second-order valence-corrected chi connectivity index (χ2v) is 8.35. The molecule has 0 radical (unpaired) electrons. The normalized spacial score (nSPS) is 14.3. The zero-order chi connectivity index (χ0) is 22.0. The molecule has 0 saturated carbocycles. The van der Waals surface area contributed by atoms with Crippen molar-refractivity contribution in [3.63, 3.8) is 0 Å². The van der Waals surface area contributed by atoms with Crippen LogP contribution < -0.4 is 10.9 Å². The van der Waals surface area contributed by atoms with Crippen molar-refractivity contribution in [3.8, 4) is 0 Å². The third-order valence-corrected chi connectivity index (χ3v) is 5.93. The lowest BCUT2D eigenvalue weighted by molar-refractivity contribution is -0.138. The molecule has 31 heavy (non-hydrogen) atoms. The highest BCUT2D eigenvalue weighted by Crippen LogP contribution is 2.29. The Morgan fingerprint density at radius 3 is 2.68 bits per heavy atom. The highest BCUT2D eigenvalue weighted by molar-refractivity contribution is 7.15. The van der Waals surface area contributed by atoms with Crippen molar-refractivity contribution >= 4 is 22.4 Å². The molecule has 10 heteroatoms. The van der Waals surface area contributed by atoms with Crippen LogP contribution in [0, 0.1) is 0 Å². The number of alkyl halides is 3. The average Bonchev–Trinajstić information content (AvgIpc) is 3.11. The third kappa shape index (κ3) is 5.20. The minimum Gasteiger partial charge on any atom is -0.305 e. The fraction of sp³-hybridized carbons (Fsp3) is 0.286. The number of nitrogens with zero attached hydrogens (tertiary/aromatic N) is 3. The standard InChI is InChI=1S/C21H19F3N4O2S/c22-21(23,24)15-6-7-19(30)28(11-15)13-18(29)26-20-25-16-8-9-27(12-17(16)31-20)10-14-4-2-1-3-5-14/h1-7,11H,8-10,12-13H2,(H,25,26,29). The van der Waals surface area contributed by atoms with Crippen molar-refractivity contribution in [1.29, 1.82) is 0 Å². The van der Waals surface area contributed by atoms with Gasteiger partial charge in [-0.2, -0.15) is 13.2 Å². The number of anilines is 1. The SMILES string of the molecule is O=C(Cn1cc(C(F)(F)F)ccc1=O)Nc1nc2c(s1)CN(Cc1ccccc1)CC2. The molecule has 4 rings (SSSR count). The third-order valence-electron chi connectivity index (χ3n) is 4.93. The van der Waals surface area contributed by atoms with Crippen molar-refractivity contribution in [1.82, 2.24) is 14.5 Å². The first-order valence-corrected chi connectivity index (χ1v) is 10.4. The smallest absolute Gasteiger partial charge is 0.305 e. The Bertz CT molecular complexity index is 1140. The lowest BCUT2D eigenvalue weighted by Crippen LogP contribution is -2.29. The van der Waals surface area contributed by atoms with Crippen molar-refractivity contribution in [2.45, 2.75) is 32.2 Å². The molecule has 6 nitrogen and oxygen atoms in total. The number of hydrogen-bond acceptors (Lipinski definition) is 5. The molecule has 1 aliphatic heterocycles. The van der Waals surface area contributed by atoms with Crippen LogP contribution in [0.3, 0.4) is 0 Å². The number of rotatable bonds is 5. The number of fused-ring (bicyclic) bond motifs is 1. The number of thiazole rings is 1. The second-order valence-electron chi connectivity index (χ2n) is 7.26. The highest BCUT2D eigenvalue weighted by atomic mass is 32.1. The van der Waals surface area contributed by atoms with E-state index in [0.29, 0.717) is 23.9 Å². The van der Waals surface area contributed by atoms with Gasteiger partial charge in [0.2, 0.25) is 5.91 Å². The number of pyridine rings is 1. The monoisotopic (exact) mass is 448 g/mol. The molecule has 1 aliphatic rings. The van der Waals surface area contributed by atoms with Gasteiger partial charge >= 0.3 is 6.18 Å². The Morgan fingerprint density at radius 2 is 1.94 bits per heavy atom. The molecule has 0 unspecified atom stereocenters. The van der Waals surface area contributed by atoms with Crippen molar-refractivity contribution < 1.29 is 18.0 Å². The van der Waals surface area contributed by atoms with Crippen molar-refractivity contribution in [2.75, 3.05) is 11.9 Å². The lowest BCUT2D eigenvalue weighted by atomic mass is 10.1. The van der Waals surface area contributed by atoms with E-state index in [-0.39, 0.29) is 0 Å². The predicted octanol–water partition coefficient (Wildman–Crippen LogP) is 3.52. The summed E-state index contributed by atoms with van der Waals surface area (Å²) in [5.74, 6) is -0.603. The molecule has 3 heterocycles. The molecule has 0 fully saturated rings. The fourth-order valence-corrected chi connectivity index (χ4v) is 4.48. The van der Waals surface area contributed by atoms with Crippen LogP contribution in [0.2, 0.25) is 0 Å². The van der Waals surface area contributed by atoms with E-state index in [4.69, 9.17) is 0 Å². The largest absolute Gasteiger partial charge is 0.417 e. The molecular formula is C21H19F3N4O2S. The van der Waals surface area contributed by atoms with E-state index < -0.39 is 29.8 Å². The minimum atomic E-state index is -4.59. The summed E-state index contributed by atoms with van der Waals surface area (Å²) in [6, 6.07) is 11.6. The van der Waals surface area contributed by atoms with Crippen molar-refractivity contribution in [3.05, 3.63) is 80.7 Å². The summed E-state index contributed by atoms with van der Waals surface area (Å²) in [5, 5.41) is 2.99. The van der Waals surface area contributed by atoms with E-state index >= 15 is 0 Å². The van der Waals surface area contributed by atoms with Gasteiger partial charge in [0.1, 0.15) is 6.54 Å². The number of halogens is 3. The predicted molar refractivity (Wildman–Crippen MR) is 111 cm³/mol. The minimum absolute atomic E-state index is 0.386. The van der Waals surface area contributed by atoms with Crippen LogP contribution >= 0.6 is 11.3 Å². The van der Waals surface area contributed by atoms with E-state index in [1.165, 1.54) is 16.9 Å². The van der Waals surface area contributed by atoms with Gasteiger partial charge in [0.05, 0.1) is 11.3 Å². The second kappa shape index (κ2) is 8.64. The number of nitrogens with one attached hydrogen (secondary N) is 1. The molecular weight excluding hydrogens is 429 g/mol. The Morgan fingerprint density at radius 1 is 1.16 bits per heavy atom. The van der Waals surface area contributed by atoms with E-state index in [1.54, 1.807) is 0 Å². The van der Waals surface area contributed by atoms with E-state index in [1.807, 2.05) is 18.2 Å². The van der Waals surface area contributed by atoms with Crippen LogP contribution in [0.1, 0.15) is 21.7 Å². The van der Waals surface area contributed by atoms with E-state index in [9.17, 15) is 22.8 Å². The zero-order valence-electron chi connectivity index (χ0n) is 16.4. The maximum absolute atomic E-state index is 12.9. The van der Waals surface area contributed by atoms with Crippen LogP contribution in [-0.4, -0.2) is 26.9 Å². The van der Waals surface area contributed by atoms with Gasteiger partial charge < -0.3 is 9.88 Å². The number of aromatic nitrogens is 2. The molecule has 3 aromatic rings. The Labute approximate surface area is 180 Å². The van der Waals surface area contributed by atoms with Crippen LogP contribution in [-0.2, 0) is 37.0 Å². The van der Waals surface area contributed by atoms with Gasteiger partial charge in [-0.25, -0.2) is 4.98 Å². The number of benzene rings is 1. The molecule has 1 N–H and O–H groups in total. The van der Waals surface area contributed by atoms with Crippen LogP contribution in [0.5, 0.6) is 0 Å². The maximum Gasteiger partial charge on any atom is 0.417 e. The molecule has 1 aromatic carbocycles.